The van der Waals surface area contributed by atoms with Gasteiger partial charge in [0.2, 0.25) is 0 Å². The van der Waals surface area contributed by atoms with Crippen molar-refractivity contribution in [2.45, 2.75) is 18.7 Å². The Hall–Kier alpha value is -2.50. The van der Waals surface area contributed by atoms with E-state index in [1.165, 1.54) is 0 Å². The first-order chi connectivity index (χ1) is 13.1. The van der Waals surface area contributed by atoms with Crippen LogP contribution in [0, 0.1) is 0 Å². The van der Waals surface area contributed by atoms with Gasteiger partial charge < -0.3 is 15.5 Å². The van der Waals surface area contributed by atoms with Crippen molar-refractivity contribution in [3.8, 4) is 0 Å². The average molecular weight is 404 g/mol. The number of alkyl halides is 1. The van der Waals surface area contributed by atoms with Crippen molar-refractivity contribution in [3.05, 3.63) is 82.4 Å². The molecule has 1 aliphatic carbocycles. The first-order valence-corrected chi connectivity index (χ1v) is 9.39. The van der Waals surface area contributed by atoms with E-state index in [1.54, 1.807) is 30.5 Å². The highest BCUT2D eigenvalue weighted by Crippen LogP contribution is 2.32. The Bertz CT molecular complexity index is 874. The van der Waals surface area contributed by atoms with Crippen LogP contribution in [0.3, 0.4) is 0 Å². The molecular formula is C20H19Cl2N3O2. The summed E-state index contributed by atoms with van der Waals surface area (Å²) < 4.78 is 0. The van der Waals surface area contributed by atoms with Gasteiger partial charge in [-0.15, -0.1) is 11.6 Å². The van der Waals surface area contributed by atoms with Gasteiger partial charge in [-0.05, 0) is 30.7 Å². The summed E-state index contributed by atoms with van der Waals surface area (Å²) in [4.78, 5) is 18.1. The fraction of sp³-hybridized carbons (Fsp3) is 0.200. The summed E-state index contributed by atoms with van der Waals surface area (Å²) in [5.74, 6) is -0.252. The maximum atomic E-state index is 12.8. The van der Waals surface area contributed by atoms with Gasteiger partial charge in [0, 0.05) is 22.5 Å². The van der Waals surface area contributed by atoms with E-state index in [4.69, 9.17) is 28.0 Å². The number of carbonyl (C=O) groups excluding carboxylic acids is 1. The Morgan fingerprint density at radius 2 is 2.04 bits per heavy atom. The van der Waals surface area contributed by atoms with Crippen LogP contribution in [0.2, 0.25) is 0 Å². The van der Waals surface area contributed by atoms with E-state index in [2.05, 4.69) is 15.8 Å². The Morgan fingerprint density at radius 3 is 2.85 bits per heavy atom. The second-order valence-electron chi connectivity index (χ2n) is 5.88. The lowest BCUT2D eigenvalue weighted by Gasteiger charge is -2.12. The largest absolute Gasteiger partial charge is 0.395 e. The predicted octanol–water partition coefficient (Wildman–Crippen LogP) is 3.94. The lowest BCUT2D eigenvalue weighted by atomic mass is 10.0. The fourth-order valence-corrected chi connectivity index (χ4v) is 2.95. The molecule has 2 heterocycles. The van der Waals surface area contributed by atoms with Gasteiger partial charge in [-0.3, -0.25) is 4.79 Å². The Balaban J connectivity index is 2.15. The third-order valence-electron chi connectivity index (χ3n) is 3.89. The predicted molar refractivity (Wildman–Crippen MR) is 109 cm³/mol. The molecule has 3 aliphatic rings. The molecule has 1 unspecified atom stereocenters. The number of halogens is 2. The van der Waals surface area contributed by atoms with Crippen LogP contribution in [0.1, 0.15) is 13.3 Å². The number of nitrogens with one attached hydrogen (secondary N) is 2. The van der Waals surface area contributed by atoms with Crippen LogP contribution < -0.4 is 10.6 Å². The molecule has 0 spiro atoms. The molecular weight excluding hydrogens is 385 g/mol. The fourth-order valence-electron chi connectivity index (χ4n) is 2.63. The van der Waals surface area contributed by atoms with Crippen molar-refractivity contribution in [1.29, 1.82) is 0 Å². The lowest BCUT2D eigenvalue weighted by Crippen LogP contribution is -2.23. The molecule has 0 saturated heterocycles. The highest BCUT2D eigenvalue weighted by molar-refractivity contribution is 6.38. The number of hydrogen-bond donors (Lipinski definition) is 2. The van der Waals surface area contributed by atoms with E-state index in [1.807, 2.05) is 31.2 Å². The van der Waals surface area contributed by atoms with Crippen molar-refractivity contribution >= 4 is 34.8 Å². The van der Waals surface area contributed by atoms with Gasteiger partial charge in [0.05, 0.1) is 16.6 Å². The van der Waals surface area contributed by atoms with Crippen LogP contribution in [-0.4, -0.2) is 23.6 Å². The highest BCUT2D eigenvalue weighted by Gasteiger charge is 2.31. The van der Waals surface area contributed by atoms with Gasteiger partial charge in [-0.25, -0.2) is 0 Å². The van der Waals surface area contributed by atoms with Gasteiger partial charge in [0.15, 0.2) is 0 Å². The van der Waals surface area contributed by atoms with Crippen molar-refractivity contribution < 1.29 is 9.63 Å². The molecule has 2 aliphatic heterocycles. The van der Waals surface area contributed by atoms with Crippen LogP contribution >= 0.6 is 23.2 Å². The number of nitrogens with zero attached hydrogens (tertiary/aromatic N) is 1. The van der Waals surface area contributed by atoms with Gasteiger partial charge in [0.25, 0.3) is 5.91 Å². The molecule has 0 aromatic rings. The maximum Gasteiger partial charge on any atom is 0.258 e. The summed E-state index contributed by atoms with van der Waals surface area (Å²) in [7, 11) is 0. The second kappa shape index (κ2) is 8.93. The van der Waals surface area contributed by atoms with Crippen molar-refractivity contribution in [1.82, 2.24) is 10.6 Å². The molecule has 3 rings (SSSR count). The molecule has 2 N–H and O–H groups in total. The molecule has 0 aromatic carbocycles. The first-order valence-electron chi connectivity index (χ1n) is 8.58. The highest BCUT2D eigenvalue weighted by atomic mass is 35.5. The third-order valence-corrected chi connectivity index (χ3v) is 4.72. The van der Waals surface area contributed by atoms with Crippen LogP contribution in [0.5, 0.6) is 0 Å². The smallest absolute Gasteiger partial charge is 0.258 e. The standard InChI is InChI=1S/C20H19Cl2N3O2/c1-2-11-27-25-17-7-5-3-4-6-10-23-19(17)18-13-12-15(22)14(21)8-9-16(13)24-20(18)26/h3-10,12,14,23H,2,11H2,1H3,(H,24,26)/b4-3-,7-5+,10-6+,19-18-,25-17+. The average Bonchev–Trinajstić information content (AvgIpc) is 2.94. The molecule has 0 saturated carbocycles. The van der Waals surface area contributed by atoms with Gasteiger partial charge in [-0.1, -0.05) is 48.0 Å². The number of hydrogen-bond acceptors (Lipinski definition) is 4. The van der Waals surface area contributed by atoms with E-state index >= 15 is 0 Å². The molecule has 0 aromatic heterocycles. The van der Waals surface area contributed by atoms with Crippen molar-refractivity contribution in [2.24, 2.45) is 5.16 Å². The molecule has 140 valence electrons. The lowest BCUT2D eigenvalue weighted by molar-refractivity contribution is -0.116. The molecule has 5 nitrogen and oxygen atoms in total. The summed E-state index contributed by atoms with van der Waals surface area (Å²) in [6, 6.07) is 0. The summed E-state index contributed by atoms with van der Waals surface area (Å²) >= 11 is 12.5. The Kier molecular flexibility index (Phi) is 6.37. The normalized spacial score (nSPS) is 29.6. The summed E-state index contributed by atoms with van der Waals surface area (Å²) in [6.45, 7) is 2.48. The van der Waals surface area contributed by atoms with Crippen molar-refractivity contribution in [2.75, 3.05) is 6.61 Å². The van der Waals surface area contributed by atoms with Gasteiger partial charge in [0.1, 0.15) is 12.3 Å². The second-order valence-corrected chi connectivity index (χ2v) is 6.79. The molecule has 0 fully saturated rings. The Morgan fingerprint density at radius 1 is 1.22 bits per heavy atom. The zero-order valence-corrected chi connectivity index (χ0v) is 16.2. The number of amides is 1. The van der Waals surface area contributed by atoms with E-state index in [9.17, 15) is 4.79 Å². The maximum absolute atomic E-state index is 12.8. The number of allylic oxidation sites excluding steroid dienone is 9. The molecule has 0 radical (unpaired) electrons. The van der Waals surface area contributed by atoms with Crippen molar-refractivity contribution in [3.63, 3.8) is 0 Å². The van der Waals surface area contributed by atoms with E-state index in [-0.39, 0.29) is 5.91 Å². The van der Waals surface area contributed by atoms with Gasteiger partial charge in [-0.2, -0.15) is 0 Å². The van der Waals surface area contributed by atoms with E-state index < -0.39 is 5.38 Å². The number of carbonyl (C=O) groups is 1. The molecule has 1 atom stereocenters. The number of oxime groups is 1. The first kappa shape index (κ1) is 19.3. The van der Waals surface area contributed by atoms with Crippen LogP contribution in [-0.2, 0) is 9.63 Å². The monoisotopic (exact) mass is 403 g/mol. The molecule has 1 amide bonds. The zero-order chi connectivity index (χ0) is 19.2. The number of rotatable bonds is 3. The molecule has 7 heteroatoms. The minimum absolute atomic E-state index is 0.252. The quantitative estimate of drug-likeness (QED) is 0.324. The molecule has 27 heavy (non-hydrogen) atoms. The summed E-state index contributed by atoms with van der Waals surface area (Å²) in [5.41, 5.74) is 2.74. The minimum Gasteiger partial charge on any atom is -0.395 e. The van der Waals surface area contributed by atoms with Crippen LogP contribution in [0.4, 0.5) is 0 Å². The third kappa shape index (κ3) is 4.43. The summed E-state index contributed by atoms with van der Waals surface area (Å²) in [5, 5.41) is 10.2. The Labute approximate surface area is 168 Å². The molecule has 0 bridgehead atoms. The van der Waals surface area contributed by atoms with E-state index in [0.29, 0.717) is 39.9 Å². The zero-order valence-electron chi connectivity index (χ0n) is 14.7. The minimum atomic E-state index is -0.445. The SMILES string of the molecule is CCCO/N=C1\C=C\C=C/C=C/N\C1=C1/C(=O)NC2=C1C=C(Cl)C(Cl)C=C2. The van der Waals surface area contributed by atoms with Gasteiger partial charge >= 0.3 is 0 Å². The van der Waals surface area contributed by atoms with Crippen LogP contribution in [0.15, 0.2) is 87.5 Å². The summed E-state index contributed by atoms with van der Waals surface area (Å²) in [6.07, 6.45) is 16.9. The topological polar surface area (TPSA) is 62.7 Å². The van der Waals surface area contributed by atoms with E-state index in [0.717, 1.165) is 6.42 Å². The van der Waals surface area contributed by atoms with Crippen LogP contribution in [0.25, 0.3) is 0 Å².